The van der Waals surface area contributed by atoms with E-state index in [4.69, 9.17) is 9.72 Å². The van der Waals surface area contributed by atoms with Gasteiger partial charge in [0.2, 0.25) is 0 Å². The molecular weight excluding hydrogens is 440 g/mol. The Morgan fingerprint density at radius 2 is 1.51 bits per heavy atom. The standard InChI is InChI=1S/C29H28N2O4/c1-3-22(19-13-7-5-8-14-19)31-28(32)25-21-17-11-12-18-23(21)30-26(20-15-9-6-10-16-20)27(25)35-24(4-2)29(33)34/h5-18,22,24H,3-4H2,1-2H3,(H,31,32)(H,33,34)/t22-,24?/m0/s1. The van der Waals surface area contributed by atoms with Crippen molar-refractivity contribution in [2.24, 2.45) is 0 Å². The maximum Gasteiger partial charge on any atom is 0.344 e. The van der Waals surface area contributed by atoms with E-state index < -0.39 is 12.1 Å². The topological polar surface area (TPSA) is 88.5 Å². The highest BCUT2D eigenvalue weighted by Gasteiger charge is 2.28. The van der Waals surface area contributed by atoms with E-state index in [1.165, 1.54) is 0 Å². The number of aromatic nitrogens is 1. The molecule has 2 atom stereocenters. The number of benzene rings is 3. The first-order chi connectivity index (χ1) is 17.0. The van der Waals surface area contributed by atoms with E-state index >= 15 is 0 Å². The third kappa shape index (κ3) is 5.17. The van der Waals surface area contributed by atoms with Crippen LogP contribution < -0.4 is 10.1 Å². The average Bonchev–Trinajstić information content (AvgIpc) is 2.90. The van der Waals surface area contributed by atoms with Gasteiger partial charge < -0.3 is 15.2 Å². The fourth-order valence-electron chi connectivity index (χ4n) is 4.11. The SMILES string of the molecule is CCC(Oc1c(-c2ccccc2)nc2ccccc2c1C(=O)N[C@@H](CC)c1ccccc1)C(=O)O. The summed E-state index contributed by atoms with van der Waals surface area (Å²) in [4.78, 5) is 30.6. The Hall–Kier alpha value is -4.19. The van der Waals surface area contributed by atoms with Crippen LogP contribution in [0.1, 0.15) is 48.7 Å². The van der Waals surface area contributed by atoms with E-state index in [2.05, 4.69) is 5.32 Å². The van der Waals surface area contributed by atoms with Gasteiger partial charge in [-0.1, -0.05) is 92.7 Å². The number of carbonyl (C=O) groups is 2. The Morgan fingerprint density at radius 3 is 2.14 bits per heavy atom. The number of aliphatic carboxylic acids is 1. The summed E-state index contributed by atoms with van der Waals surface area (Å²) in [5.74, 6) is -1.27. The molecule has 35 heavy (non-hydrogen) atoms. The molecule has 2 N–H and O–H groups in total. The third-order valence-electron chi connectivity index (χ3n) is 5.94. The molecule has 0 fully saturated rings. The minimum absolute atomic E-state index is 0.171. The second-order valence-electron chi connectivity index (χ2n) is 8.25. The van der Waals surface area contributed by atoms with Crippen molar-refractivity contribution in [3.8, 4) is 17.0 Å². The van der Waals surface area contributed by atoms with Crippen molar-refractivity contribution in [1.82, 2.24) is 10.3 Å². The number of rotatable bonds is 9. The molecule has 0 radical (unpaired) electrons. The van der Waals surface area contributed by atoms with Gasteiger partial charge >= 0.3 is 5.97 Å². The van der Waals surface area contributed by atoms with E-state index in [1.54, 1.807) is 6.92 Å². The van der Waals surface area contributed by atoms with Gasteiger partial charge in [-0.25, -0.2) is 9.78 Å². The molecule has 1 heterocycles. The normalized spacial score (nSPS) is 12.6. The molecule has 6 heteroatoms. The first kappa shape index (κ1) is 24.0. The summed E-state index contributed by atoms with van der Waals surface area (Å²) in [7, 11) is 0. The maximum atomic E-state index is 13.9. The van der Waals surface area contributed by atoms with Gasteiger partial charge in [0.1, 0.15) is 5.69 Å². The number of hydrogen-bond donors (Lipinski definition) is 2. The van der Waals surface area contributed by atoms with Gasteiger partial charge in [-0.15, -0.1) is 0 Å². The predicted molar refractivity (Wildman–Crippen MR) is 136 cm³/mol. The summed E-state index contributed by atoms with van der Waals surface area (Å²) in [6, 6.07) is 26.2. The number of carbonyl (C=O) groups excluding carboxylic acids is 1. The Labute approximate surface area is 204 Å². The van der Waals surface area contributed by atoms with Gasteiger partial charge in [0.25, 0.3) is 5.91 Å². The lowest BCUT2D eigenvalue weighted by Crippen LogP contribution is -2.31. The van der Waals surface area contributed by atoms with Crippen molar-refractivity contribution in [1.29, 1.82) is 0 Å². The van der Waals surface area contributed by atoms with Crippen molar-refractivity contribution in [3.63, 3.8) is 0 Å². The van der Waals surface area contributed by atoms with Crippen LogP contribution in [0.25, 0.3) is 22.2 Å². The molecule has 4 aromatic rings. The van der Waals surface area contributed by atoms with Crippen LogP contribution in [0, 0.1) is 0 Å². The Bertz CT molecular complexity index is 1320. The minimum atomic E-state index is -1.12. The number of carboxylic acid groups (broad SMARTS) is 1. The molecule has 0 aliphatic rings. The number of hydrogen-bond acceptors (Lipinski definition) is 4. The summed E-state index contributed by atoms with van der Waals surface area (Å²) in [6.07, 6.45) is -0.199. The number of ether oxygens (including phenoxy) is 1. The number of nitrogens with one attached hydrogen (secondary N) is 1. The molecule has 0 saturated heterocycles. The number of para-hydroxylation sites is 1. The molecule has 1 unspecified atom stereocenters. The lowest BCUT2D eigenvalue weighted by Gasteiger charge is -2.23. The van der Waals surface area contributed by atoms with Gasteiger partial charge in [0.15, 0.2) is 11.9 Å². The quantitative estimate of drug-likeness (QED) is 0.313. The van der Waals surface area contributed by atoms with Gasteiger partial charge in [0.05, 0.1) is 17.1 Å². The summed E-state index contributed by atoms with van der Waals surface area (Å²) in [5.41, 5.74) is 3.06. The van der Waals surface area contributed by atoms with Crippen molar-refractivity contribution in [2.75, 3.05) is 0 Å². The van der Waals surface area contributed by atoms with E-state index in [0.717, 1.165) is 11.1 Å². The zero-order valence-electron chi connectivity index (χ0n) is 19.8. The number of pyridine rings is 1. The van der Waals surface area contributed by atoms with Crippen LogP contribution in [0.2, 0.25) is 0 Å². The minimum Gasteiger partial charge on any atom is -0.479 e. The number of fused-ring (bicyclic) bond motifs is 1. The lowest BCUT2D eigenvalue weighted by molar-refractivity contribution is -0.145. The first-order valence-corrected chi connectivity index (χ1v) is 11.8. The smallest absolute Gasteiger partial charge is 0.344 e. The number of amides is 1. The highest BCUT2D eigenvalue weighted by atomic mass is 16.5. The van der Waals surface area contributed by atoms with Crippen molar-refractivity contribution < 1.29 is 19.4 Å². The van der Waals surface area contributed by atoms with E-state index in [1.807, 2.05) is 91.9 Å². The van der Waals surface area contributed by atoms with Crippen LogP contribution in [0.5, 0.6) is 5.75 Å². The van der Waals surface area contributed by atoms with Crippen molar-refractivity contribution >= 4 is 22.8 Å². The van der Waals surface area contributed by atoms with Gasteiger partial charge in [-0.3, -0.25) is 4.79 Å². The number of carboxylic acids is 1. The molecule has 1 amide bonds. The second kappa shape index (κ2) is 10.8. The summed E-state index contributed by atoms with van der Waals surface area (Å²) in [5, 5.41) is 13.5. The summed E-state index contributed by atoms with van der Waals surface area (Å²) < 4.78 is 6.07. The largest absolute Gasteiger partial charge is 0.479 e. The van der Waals surface area contributed by atoms with Crippen LogP contribution >= 0.6 is 0 Å². The molecular formula is C29H28N2O4. The monoisotopic (exact) mass is 468 g/mol. The summed E-state index contributed by atoms with van der Waals surface area (Å²) >= 11 is 0. The molecule has 3 aromatic carbocycles. The predicted octanol–water partition coefficient (Wildman–Crippen LogP) is 6.02. The Balaban J connectivity index is 1.92. The Morgan fingerprint density at radius 1 is 0.886 bits per heavy atom. The molecule has 0 aliphatic carbocycles. The van der Waals surface area contributed by atoms with Crippen LogP contribution in [0.15, 0.2) is 84.9 Å². The first-order valence-electron chi connectivity index (χ1n) is 11.8. The molecule has 1 aromatic heterocycles. The molecule has 0 aliphatic heterocycles. The third-order valence-corrected chi connectivity index (χ3v) is 5.94. The highest BCUT2D eigenvalue weighted by molar-refractivity contribution is 6.10. The fourth-order valence-corrected chi connectivity index (χ4v) is 4.11. The van der Waals surface area contributed by atoms with Crippen molar-refractivity contribution in [2.45, 2.75) is 38.8 Å². The molecule has 0 bridgehead atoms. The molecule has 178 valence electrons. The average molecular weight is 469 g/mol. The van der Waals surface area contributed by atoms with E-state index in [9.17, 15) is 14.7 Å². The molecule has 0 spiro atoms. The van der Waals surface area contributed by atoms with Crippen LogP contribution in [-0.2, 0) is 4.79 Å². The van der Waals surface area contributed by atoms with Gasteiger partial charge in [0, 0.05) is 10.9 Å². The van der Waals surface area contributed by atoms with Gasteiger partial charge in [-0.2, -0.15) is 0 Å². The fraction of sp³-hybridized carbons (Fsp3) is 0.207. The van der Waals surface area contributed by atoms with Crippen LogP contribution in [0.4, 0.5) is 0 Å². The molecule has 4 rings (SSSR count). The summed E-state index contributed by atoms with van der Waals surface area (Å²) in [6.45, 7) is 3.74. The van der Waals surface area contributed by atoms with Crippen LogP contribution in [0.3, 0.4) is 0 Å². The lowest BCUT2D eigenvalue weighted by atomic mass is 9.99. The Kier molecular flexibility index (Phi) is 7.41. The van der Waals surface area contributed by atoms with E-state index in [0.29, 0.717) is 23.0 Å². The molecule has 0 saturated carbocycles. The second-order valence-corrected chi connectivity index (χ2v) is 8.25. The zero-order valence-corrected chi connectivity index (χ0v) is 19.8. The van der Waals surface area contributed by atoms with E-state index in [-0.39, 0.29) is 29.7 Å². The van der Waals surface area contributed by atoms with Crippen molar-refractivity contribution in [3.05, 3.63) is 96.1 Å². The number of nitrogens with zero attached hydrogens (tertiary/aromatic N) is 1. The highest BCUT2D eigenvalue weighted by Crippen LogP contribution is 2.37. The van der Waals surface area contributed by atoms with Gasteiger partial charge in [-0.05, 0) is 24.5 Å². The van der Waals surface area contributed by atoms with Crippen LogP contribution in [-0.4, -0.2) is 28.1 Å². The maximum absolute atomic E-state index is 13.9. The molecule has 6 nitrogen and oxygen atoms in total. The zero-order chi connectivity index (χ0) is 24.8.